The summed E-state index contributed by atoms with van der Waals surface area (Å²) in [5.41, 5.74) is 2.31. The van der Waals surface area contributed by atoms with Crippen LogP contribution in [0.5, 0.6) is 0 Å². The maximum Gasteiger partial charge on any atom is 0.0594 e. The first-order valence-electron chi connectivity index (χ1n) is 13.8. The summed E-state index contributed by atoms with van der Waals surface area (Å²) in [7, 11) is 0. The van der Waals surface area contributed by atoms with E-state index in [0.717, 1.165) is 37.5 Å². The SMILES string of the molecule is CC1=CC[C@@H]2C(C)(C)[C@H](O)CC[C@]2(C)[C@H]1CC[C@H]1[C@H](C)CC[C@@H]2C(C)(C)[C@H](O)CC[C@@]21C. The van der Waals surface area contributed by atoms with Crippen LogP contribution in [0.4, 0.5) is 0 Å². The molecule has 4 rings (SSSR count). The Balaban J connectivity index is 1.58. The van der Waals surface area contributed by atoms with Crippen LogP contribution in [-0.2, 0) is 0 Å². The van der Waals surface area contributed by atoms with Crippen LogP contribution in [0.2, 0.25) is 0 Å². The highest BCUT2D eigenvalue weighted by molar-refractivity contribution is 5.19. The van der Waals surface area contributed by atoms with Gasteiger partial charge in [-0.3, -0.25) is 0 Å². The molecule has 0 aromatic carbocycles. The number of aliphatic hydroxyl groups excluding tert-OH is 2. The molecule has 184 valence electrons. The second-order valence-corrected chi connectivity index (χ2v) is 14.3. The first kappa shape index (κ1) is 24.8. The van der Waals surface area contributed by atoms with E-state index >= 15 is 0 Å². The molecule has 2 N–H and O–H groups in total. The average Bonchev–Trinajstić information content (AvgIpc) is 2.69. The van der Waals surface area contributed by atoms with Crippen LogP contribution in [-0.4, -0.2) is 22.4 Å². The first-order chi connectivity index (χ1) is 14.8. The van der Waals surface area contributed by atoms with Crippen molar-refractivity contribution in [2.24, 2.45) is 51.2 Å². The Morgan fingerprint density at radius 3 is 1.97 bits per heavy atom. The van der Waals surface area contributed by atoms with Gasteiger partial charge >= 0.3 is 0 Å². The molecule has 0 aliphatic heterocycles. The smallest absolute Gasteiger partial charge is 0.0594 e. The van der Waals surface area contributed by atoms with E-state index in [1.807, 2.05) is 0 Å². The molecule has 9 atom stereocenters. The van der Waals surface area contributed by atoms with Gasteiger partial charge in [-0.1, -0.05) is 66.5 Å². The van der Waals surface area contributed by atoms with Crippen molar-refractivity contribution in [3.05, 3.63) is 11.6 Å². The summed E-state index contributed by atoms with van der Waals surface area (Å²) in [6.07, 6.45) is 12.8. The molecule has 0 aromatic heterocycles. The lowest BCUT2D eigenvalue weighted by Gasteiger charge is -2.61. The molecule has 3 saturated carbocycles. The lowest BCUT2D eigenvalue weighted by atomic mass is 9.44. The van der Waals surface area contributed by atoms with Crippen LogP contribution in [0, 0.1) is 51.2 Å². The van der Waals surface area contributed by atoms with Gasteiger partial charge in [-0.15, -0.1) is 0 Å². The highest BCUT2D eigenvalue weighted by atomic mass is 16.3. The van der Waals surface area contributed by atoms with Crippen molar-refractivity contribution in [1.82, 2.24) is 0 Å². The van der Waals surface area contributed by atoms with Crippen molar-refractivity contribution in [2.75, 3.05) is 0 Å². The normalized spacial score (nSPS) is 50.2. The second-order valence-electron chi connectivity index (χ2n) is 14.3. The Kier molecular flexibility index (Phi) is 6.28. The number of rotatable bonds is 3. The van der Waals surface area contributed by atoms with Crippen LogP contribution in [0.1, 0.15) is 113 Å². The fraction of sp³-hybridized carbons (Fsp3) is 0.933. The molecular formula is C30H52O2. The van der Waals surface area contributed by atoms with Crippen LogP contribution in [0.15, 0.2) is 11.6 Å². The van der Waals surface area contributed by atoms with Gasteiger partial charge in [0.1, 0.15) is 0 Å². The summed E-state index contributed by atoms with van der Waals surface area (Å²) in [5.74, 6) is 3.39. The summed E-state index contributed by atoms with van der Waals surface area (Å²) >= 11 is 0. The summed E-state index contributed by atoms with van der Waals surface area (Å²) < 4.78 is 0. The Hall–Kier alpha value is -0.340. The molecule has 0 radical (unpaired) electrons. The Labute approximate surface area is 198 Å². The van der Waals surface area contributed by atoms with Gasteiger partial charge in [-0.2, -0.15) is 0 Å². The van der Waals surface area contributed by atoms with E-state index in [2.05, 4.69) is 61.5 Å². The predicted molar refractivity (Wildman–Crippen MR) is 134 cm³/mol. The molecule has 4 aliphatic carbocycles. The fourth-order valence-electron chi connectivity index (χ4n) is 10.1. The molecule has 0 amide bonds. The van der Waals surface area contributed by atoms with Crippen molar-refractivity contribution < 1.29 is 10.2 Å². The van der Waals surface area contributed by atoms with Crippen molar-refractivity contribution >= 4 is 0 Å². The van der Waals surface area contributed by atoms with E-state index in [-0.39, 0.29) is 23.0 Å². The van der Waals surface area contributed by atoms with Gasteiger partial charge in [0.2, 0.25) is 0 Å². The largest absolute Gasteiger partial charge is 0.393 e. The van der Waals surface area contributed by atoms with E-state index in [4.69, 9.17) is 0 Å². The lowest BCUT2D eigenvalue weighted by molar-refractivity contribution is -0.152. The minimum absolute atomic E-state index is 0.00118. The standard InChI is InChI=1S/C30H52O2/c1-19-9-13-23-27(3,4)25(31)15-17-29(23,7)21(19)11-12-22-20(2)10-14-24-28(5,6)26(32)16-18-30(22,24)8/h9,20-26,31-32H,10-18H2,1-8H3/t20-,21+,22+,23-,24-,25-,26-,29-,30-/m1/s1. The molecule has 0 saturated heterocycles. The van der Waals surface area contributed by atoms with Crippen LogP contribution < -0.4 is 0 Å². The molecule has 0 bridgehead atoms. The number of fused-ring (bicyclic) bond motifs is 2. The van der Waals surface area contributed by atoms with Crippen LogP contribution in [0.3, 0.4) is 0 Å². The maximum absolute atomic E-state index is 10.8. The Morgan fingerprint density at radius 1 is 0.781 bits per heavy atom. The highest BCUT2D eigenvalue weighted by Gasteiger charge is 2.58. The molecule has 0 spiro atoms. The first-order valence-corrected chi connectivity index (χ1v) is 13.8. The molecule has 0 heterocycles. The van der Waals surface area contributed by atoms with Gasteiger partial charge in [-0.25, -0.2) is 0 Å². The molecule has 32 heavy (non-hydrogen) atoms. The summed E-state index contributed by atoms with van der Waals surface area (Å²) in [6, 6.07) is 0. The molecular weight excluding hydrogens is 392 g/mol. The topological polar surface area (TPSA) is 40.5 Å². The van der Waals surface area contributed by atoms with Crippen molar-refractivity contribution in [1.29, 1.82) is 0 Å². The third-order valence-electron chi connectivity index (χ3n) is 12.3. The van der Waals surface area contributed by atoms with Crippen molar-refractivity contribution in [2.45, 2.75) is 125 Å². The summed E-state index contributed by atoms with van der Waals surface area (Å²) in [4.78, 5) is 0. The minimum Gasteiger partial charge on any atom is -0.393 e. The zero-order valence-corrected chi connectivity index (χ0v) is 22.4. The summed E-state index contributed by atoms with van der Waals surface area (Å²) in [6.45, 7) is 19.3. The maximum atomic E-state index is 10.8. The highest BCUT2D eigenvalue weighted by Crippen LogP contribution is 2.64. The Bertz CT molecular complexity index is 735. The average molecular weight is 445 g/mol. The predicted octanol–water partition coefficient (Wildman–Crippen LogP) is 7.39. The second kappa shape index (κ2) is 8.11. The minimum atomic E-state index is -0.165. The van der Waals surface area contributed by atoms with E-state index in [1.54, 1.807) is 5.57 Å². The molecule has 0 aromatic rings. The molecule has 0 unspecified atom stereocenters. The van der Waals surface area contributed by atoms with Crippen molar-refractivity contribution in [3.63, 3.8) is 0 Å². The molecule has 3 fully saturated rings. The fourth-order valence-corrected chi connectivity index (χ4v) is 10.1. The van der Waals surface area contributed by atoms with E-state index < -0.39 is 0 Å². The monoisotopic (exact) mass is 444 g/mol. The van der Waals surface area contributed by atoms with Gasteiger partial charge in [-0.05, 0) is 110 Å². The quantitative estimate of drug-likeness (QED) is 0.446. The molecule has 4 aliphatic rings. The number of hydrogen-bond acceptors (Lipinski definition) is 2. The Morgan fingerprint density at radius 2 is 1.34 bits per heavy atom. The van der Waals surface area contributed by atoms with Gasteiger partial charge in [0.05, 0.1) is 12.2 Å². The van der Waals surface area contributed by atoms with Crippen LogP contribution >= 0.6 is 0 Å². The lowest BCUT2D eigenvalue weighted by Crippen LogP contribution is -2.56. The van der Waals surface area contributed by atoms with E-state index in [9.17, 15) is 10.2 Å². The van der Waals surface area contributed by atoms with Crippen LogP contribution in [0.25, 0.3) is 0 Å². The number of hydrogen-bond donors (Lipinski definition) is 2. The van der Waals surface area contributed by atoms with Gasteiger partial charge in [0.15, 0.2) is 0 Å². The van der Waals surface area contributed by atoms with E-state index in [0.29, 0.717) is 28.6 Å². The molecule has 2 nitrogen and oxygen atoms in total. The van der Waals surface area contributed by atoms with Crippen molar-refractivity contribution in [3.8, 4) is 0 Å². The zero-order valence-electron chi connectivity index (χ0n) is 22.4. The van der Waals surface area contributed by atoms with Gasteiger partial charge in [0, 0.05) is 0 Å². The summed E-state index contributed by atoms with van der Waals surface area (Å²) in [5, 5.41) is 21.6. The molecule has 2 heteroatoms. The van der Waals surface area contributed by atoms with Gasteiger partial charge < -0.3 is 10.2 Å². The van der Waals surface area contributed by atoms with E-state index in [1.165, 1.54) is 32.1 Å². The zero-order chi connectivity index (χ0) is 23.7. The third kappa shape index (κ3) is 3.57. The number of aliphatic hydroxyl groups is 2. The third-order valence-corrected chi connectivity index (χ3v) is 12.3. The number of allylic oxidation sites excluding steroid dienone is 2. The van der Waals surface area contributed by atoms with Gasteiger partial charge in [0.25, 0.3) is 0 Å².